The van der Waals surface area contributed by atoms with Crippen LogP contribution in [0.4, 0.5) is 0 Å². The van der Waals surface area contributed by atoms with Crippen LogP contribution in [-0.2, 0) is 18.9 Å². The van der Waals surface area contributed by atoms with Gasteiger partial charge < -0.3 is 29.2 Å². The smallest absolute Gasteiger partial charge is 0.185 e. The summed E-state index contributed by atoms with van der Waals surface area (Å²) in [5.41, 5.74) is 1.40. The first-order valence-corrected chi connectivity index (χ1v) is 9.68. The van der Waals surface area contributed by atoms with Gasteiger partial charge in [0.2, 0.25) is 0 Å². The molecule has 0 bridgehead atoms. The summed E-state index contributed by atoms with van der Waals surface area (Å²) in [6, 6.07) is 14.1. The maximum absolute atomic E-state index is 10.6. The molecule has 2 fully saturated rings. The normalized spacial score (nSPS) is 33.6. The van der Waals surface area contributed by atoms with Gasteiger partial charge in [0, 0.05) is 21.2 Å². The van der Waals surface area contributed by atoms with Crippen molar-refractivity contribution in [2.45, 2.75) is 37.0 Å². The number of aliphatic hydroxyl groups is 2. The van der Waals surface area contributed by atoms with Crippen molar-refractivity contribution in [1.82, 2.24) is 0 Å². The second kappa shape index (κ2) is 8.65. The number of hydrogen-bond donors (Lipinski definition) is 2. The minimum absolute atomic E-state index is 0.0588. The zero-order chi connectivity index (χ0) is 19.7. The topological polar surface area (TPSA) is 77.4 Å². The molecule has 0 saturated carbocycles. The summed E-state index contributed by atoms with van der Waals surface area (Å²) >= 11 is 12.1. The molecule has 2 heterocycles. The van der Waals surface area contributed by atoms with Crippen molar-refractivity contribution in [3.05, 3.63) is 69.7 Å². The molecule has 2 saturated heterocycles. The summed E-state index contributed by atoms with van der Waals surface area (Å²) in [5.74, 6) is 0. The molecule has 0 amide bonds. The van der Waals surface area contributed by atoms with E-state index >= 15 is 0 Å². The van der Waals surface area contributed by atoms with Crippen molar-refractivity contribution in [3.63, 3.8) is 0 Å². The Bertz CT molecular complexity index is 753. The molecule has 2 N–H and O–H groups in total. The molecule has 0 aliphatic carbocycles. The zero-order valence-corrected chi connectivity index (χ0v) is 16.3. The summed E-state index contributed by atoms with van der Waals surface area (Å²) < 4.78 is 23.3. The molecule has 0 aromatic heterocycles. The molecule has 2 aromatic carbocycles. The van der Waals surface area contributed by atoms with E-state index in [-0.39, 0.29) is 13.2 Å². The predicted molar refractivity (Wildman–Crippen MR) is 102 cm³/mol. The monoisotopic (exact) mass is 426 g/mol. The van der Waals surface area contributed by atoms with Crippen LogP contribution in [0.15, 0.2) is 48.5 Å². The van der Waals surface area contributed by atoms with E-state index in [1.807, 2.05) is 6.07 Å². The first kappa shape index (κ1) is 20.1. The third-order valence-corrected chi connectivity index (χ3v) is 5.19. The number of rotatable bonds is 2. The van der Waals surface area contributed by atoms with Gasteiger partial charge in [-0.25, -0.2) is 0 Å². The number of ether oxygens (including phenoxy) is 4. The van der Waals surface area contributed by atoms with Gasteiger partial charge in [0.1, 0.15) is 24.4 Å². The summed E-state index contributed by atoms with van der Waals surface area (Å²) in [6.45, 7) is -0.118. The van der Waals surface area contributed by atoms with Crippen molar-refractivity contribution in [2.75, 3.05) is 13.2 Å². The maximum atomic E-state index is 10.6. The van der Waals surface area contributed by atoms with Crippen LogP contribution in [0, 0.1) is 0 Å². The zero-order valence-electron chi connectivity index (χ0n) is 14.8. The van der Waals surface area contributed by atoms with Crippen LogP contribution in [0.25, 0.3) is 0 Å². The van der Waals surface area contributed by atoms with Gasteiger partial charge in [-0.2, -0.15) is 0 Å². The van der Waals surface area contributed by atoms with Gasteiger partial charge in [0.25, 0.3) is 0 Å². The SMILES string of the molecule is O[C@@H]1COC(c2cccc(Cl)c2)OC[C@H](O)[C@H]2OC(c3cccc(Cl)c3)O[C@@H]21. The molecule has 6 atom stereocenters. The molecule has 2 aromatic rings. The van der Waals surface area contributed by atoms with Crippen molar-refractivity contribution in [1.29, 1.82) is 0 Å². The van der Waals surface area contributed by atoms with E-state index in [1.54, 1.807) is 42.5 Å². The van der Waals surface area contributed by atoms with Crippen molar-refractivity contribution in [3.8, 4) is 0 Å². The fourth-order valence-corrected chi connectivity index (χ4v) is 3.75. The highest BCUT2D eigenvalue weighted by molar-refractivity contribution is 6.30. The fourth-order valence-electron chi connectivity index (χ4n) is 3.36. The second-order valence-electron chi connectivity index (χ2n) is 6.78. The first-order valence-electron chi connectivity index (χ1n) is 8.92. The number of benzene rings is 2. The van der Waals surface area contributed by atoms with Gasteiger partial charge in [-0.05, 0) is 24.3 Å². The van der Waals surface area contributed by atoms with Crippen LogP contribution in [0.2, 0.25) is 10.0 Å². The molecule has 0 spiro atoms. The predicted octanol–water partition coefficient (Wildman–Crippen LogP) is 3.24. The fraction of sp³-hybridized carbons (Fsp3) is 0.400. The lowest BCUT2D eigenvalue weighted by atomic mass is 10.0. The summed E-state index contributed by atoms with van der Waals surface area (Å²) in [5, 5.41) is 22.3. The van der Waals surface area contributed by atoms with Crippen LogP contribution in [0.5, 0.6) is 0 Å². The minimum atomic E-state index is -1.02. The largest absolute Gasteiger partial charge is 0.388 e. The minimum Gasteiger partial charge on any atom is -0.388 e. The number of aliphatic hydroxyl groups excluding tert-OH is 2. The average Bonchev–Trinajstić information content (AvgIpc) is 3.14. The van der Waals surface area contributed by atoms with Gasteiger partial charge in [-0.15, -0.1) is 0 Å². The molecule has 8 heteroatoms. The molecule has 2 aliphatic heterocycles. The highest BCUT2D eigenvalue weighted by Gasteiger charge is 2.46. The molecule has 0 radical (unpaired) electrons. The van der Waals surface area contributed by atoms with Crippen molar-refractivity contribution in [2.24, 2.45) is 0 Å². The average molecular weight is 427 g/mol. The van der Waals surface area contributed by atoms with Crippen LogP contribution in [0.1, 0.15) is 23.7 Å². The molecule has 4 rings (SSSR count). The van der Waals surface area contributed by atoms with Crippen LogP contribution in [-0.4, -0.2) is 47.8 Å². The Morgan fingerprint density at radius 1 is 0.714 bits per heavy atom. The van der Waals surface area contributed by atoms with Crippen LogP contribution in [0.3, 0.4) is 0 Å². The van der Waals surface area contributed by atoms with Crippen molar-refractivity contribution < 1.29 is 29.2 Å². The number of fused-ring (bicyclic) bond motifs is 1. The summed E-state index contributed by atoms with van der Waals surface area (Å²) in [4.78, 5) is 0. The van der Waals surface area contributed by atoms with Gasteiger partial charge in [-0.3, -0.25) is 0 Å². The highest BCUT2D eigenvalue weighted by atomic mass is 35.5. The van der Waals surface area contributed by atoms with E-state index in [2.05, 4.69) is 0 Å². The van der Waals surface area contributed by atoms with Gasteiger partial charge in [-0.1, -0.05) is 47.5 Å². The van der Waals surface area contributed by atoms with E-state index in [4.69, 9.17) is 42.1 Å². The Kier molecular flexibility index (Phi) is 6.20. The van der Waals surface area contributed by atoms with Crippen LogP contribution >= 0.6 is 23.2 Å². The van der Waals surface area contributed by atoms with E-state index in [0.29, 0.717) is 21.2 Å². The van der Waals surface area contributed by atoms with E-state index in [1.165, 1.54) is 0 Å². The van der Waals surface area contributed by atoms with E-state index < -0.39 is 37.0 Å². The summed E-state index contributed by atoms with van der Waals surface area (Å²) in [7, 11) is 0. The van der Waals surface area contributed by atoms with Gasteiger partial charge in [0.15, 0.2) is 12.6 Å². The third-order valence-electron chi connectivity index (χ3n) is 4.72. The Balaban J connectivity index is 1.51. The Morgan fingerprint density at radius 2 is 1.18 bits per heavy atom. The third kappa shape index (κ3) is 4.35. The quantitative estimate of drug-likeness (QED) is 0.767. The number of hydrogen-bond acceptors (Lipinski definition) is 6. The van der Waals surface area contributed by atoms with E-state index in [9.17, 15) is 10.2 Å². The molecule has 28 heavy (non-hydrogen) atoms. The molecular formula is C20H20Cl2O6. The van der Waals surface area contributed by atoms with Crippen LogP contribution < -0.4 is 0 Å². The second-order valence-corrected chi connectivity index (χ2v) is 7.65. The molecule has 150 valence electrons. The maximum Gasteiger partial charge on any atom is 0.185 e. The molecule has 2 unspecified atom stereocenters. The van der Waals surface area contributed by atoms with Crippen molar-refractivity contribution >= 4 is 23.2 Å². The van der Waals surface area contributed by atoms with E-state index in [0.717, 1.165) is 0 Å². The van der Waals surface area contributed by atoms with Gasteiger partial charge in [0.05, 0.1) is 13.2 Å². The Morgan fingerprint density at radius 3 is 1.64 bits per heavy atom. The molecule has 2 aliphatic rings. The Hall–Kier alpha value is -1.22. The van der Waals surface area contributed by atoms with Gasteiger partial charge >= 0.3 is 0 Å². The number of halogens is 2. The lowest BCUT2D eigenvalue weighted by Crippen LogP contribution is -2.44. The lowest BCUT2D eigenvalue weighted by molar-refractivity contribution is -0.183. The summed E-state index contributed by atoms with van der Waals surface area (Å²) in [6.07, 6.45) is -5.12. The first-order chi connectivity index (χ1) is 13.5. The highest BCUT2D eigenvalue weighted by Crippen LogP contribution is 2.37. The molecule has 6 nitrogen and oxygen atoms in total. The Labute approximate surface area is 172 Å². The molecular weight excluding hydrogens is 407 g/mol. The standard InChI is InChI=1S/C20H20Cl2O6/c21-13-5-1-3-11(7-13)19-25-9-15(23)17-18(16(24)10-26-19)28-20(27-17)12-4-2-6-14(22)8-12/h1-8,15-20,23-24H,9-10H2/t15-,16+,17-,18-,19?,20?/m1/s1. The lowest BCUT2D eigenvalue weighted by Gasteiger charge is -2.23.